The first-order valence-electron chi connectivity index (χ1n) is 6.51. The van der Waals surface area contributed by atoms with Gasteiger partial charge < -0.3 is 4.42 Å². The average Bonchev–Trinajstić information content (AvgIpc) is 2.98. The molecule has 3 aromatic rings. The van der Waals surface area contributed by atoms with Crippen LogP contribution in [0, 0.1) is 5.82 Å². The fraction of sp³-hybridized carbons (Fsp3) is 0.0714. The number of pyridine rings is 1. The normalized spacial score (nSPS) is 13.0. The van der Waals surface area contributed by atoms with E-state index in [1.54, 1.807) is 0 Å². The Morgan fingerprint density at radius 2 is 1.83 bits per heavy atom. The molecule has 24 heavy (non-hydrogen) atoms. The van der Waals surface area contributed by atoms with E-state index in [-0.39, 0.29) is 22.5 Å². The minimum atomic E-state index is -4.60. The first-order valence-corrected chi connectivity index (χ1v) is 8.40. The predicted octanol–water partition coefficient (Wildman–Crippen LogP) is 2.90. The Labute approximate surface area is 140 Å². The van der Waals surface area contributed by atoms with Gasteiger partial charge in [-0.15, -0.1) is 10.2 Å². The van der Waals surface area contributed by atoms with Crippen molar-refractivity contribution in [2.45, 2.75) is 5.25 Å². The highest BCUT2D eigenvalue weighted by molar-refractivity contribution is 7.86. The van der Waals surface area contributed by atoms with E-state index in [4.69, 9.17) is 16.0 Å². The van der Waals surface area contributed by atoms with Crippen molar-refractivity contribution in [1.29, 1.82) is 0 Å². The van der Waals surface area contributed by atoms with Crippen molar-refractivity contribution in [2.24, 2.45) is 0 Å². The zero-order chi connectivity index (χ0) is 17.3. The van der Waals surface area contributed by atoms with Crippen LogP contribution in [-0.2, 0) is 10.1 Å². The molecule has 0 saturated heterocycles. The summed E-state index contributed by atoms with van der Waals surface area (Å²) >= 11 is 5.67. The Balaban J connectivity index is 2.03. The van der Waals surface area contributed by atoms with Crippen molar-refractivity contribution in [3.63, 3.8) is 0 Å². The number of halogens is 2. The van der Waals surface area contributed by atoms with Crippen LogP contribution in [0.1, 0.15) is 16.7 Å². The van der Waals surface area contributed by atoms with Gasteiger partial charge in [0, 0.05) is 17.3 Å². The van der Waals surface area contributed by atoms with Gasteiger partial charge in [-0.3, -0.25) is 4.55 Å². The average molecular weight is 370 g/mol. The second-order valence-corrected chi connectivity index (χ2v) is 6.65. The van der Waals surface area contributed by atoms with Gasteiger partial charge in [-0.05, 0) is 30.3 Å². The monoisotopic (exact) mass is 369 g/mol. The molecule has 10 heteroatoms. The van der Waals surface area contributed by atoms with E-state index in [2.05, 4.69) is 15.2 Å². The van der Waals surface area contributed by atoms with E-state index < -0.39 is 21.2 Å². The van der Waals surface area contributed by atoms with Crippen LogP contribution in [0.5, 0.6) is 0 Å². The van der Waals surface area contributed by atoms with Crippen molar-refractivity contribution in [1.82, 2.24) is 15.2 Å². The zero-order valence-corrected chi connectivity index (χ0v) is 13.4. The van der Waals surface area contributed by atoms with Gasteiger partial charge in [0.15, 0.2) is 5.25 Å². The van der Waals surface area contributed by atoms with E-state index in [0.717, 1.165) is 0 Å². The van der Waals surface area contributed by atoms with Crippen molar-refractivity contribution < 1.29 is 21.8 Å². The van der Waals surface area contributed by atoms with Crippen molar-refractivity contribution in [3.05, 3.63) is 65.0 Å². The molecule has 0 radical (unpaired) electrons. The molecule has 0 spiro atoms. The van der Waals surface area contributed by atoms with Gasteiger partial charge in [0.05, 0.1) is 0 Å². The Morgan fingerprint density at radius 1 is 1.12 bits per heavy atom. The van der Waals surface area contributed by atoms with Crippen LogP contribution in [0.2, 0.25) is 5.15 Å². The van der Waals surface area contributed by atoms with Crippen LogP contribution in [0.4, 0.5) is 4.39 Å². The molecule has 1 atom stereocenters. The summed E-state index contributed by atoms with van der Waals surface area (Å²) in [4.78, 5) is 3.77. The molecular weight excluding hydrogens is 361 g/mol. The molecule has 1 N–H and O–H groups in total. The Hall–Kier alpha value is -2.36. The molecule has 0 amide bonds. The Bertz CT molecular complexity index is 958. The van der Waals surface area contributed by atoms with Gasteiger partial charge in [-0.25, -0.2) is 9.37 Å². The fourth-order valence-electron chi connectivity index (χ4n) is 2.03. The largest absolute Gasteiger partial charge is 0.419 e. The van der Waals surface area contributed by atoms with E-state index in [1.807, 2.05) is 0 Å². The van der Waals surface area contributed by atoms with Crippen LogP contribution in [0.15, 0.2) is 47.0 Å². The molecule has 0 aliphatic rings. The summed E-state index contributed by atoms with van der Waals surface area (Å²) in [6.07, 6.45) is 1.18. The lowest BCUT2D eigenvalue weighted by Crippen LogP contribution is -2.14. The minimum Gasteiger partial charge on any atom is -0.419 e. The number of aromatic nitrogens is 3. The smallest absolute Gasteiger partial charge is 0.281 e. The van der Waals surface area contributed by atoms with Crippen molar-refractivity contribution in [3.8, 4) is 11.5 Å². The van der Waals surface area contributed by atoms with Gasteiger partial charge in [0.2, 0.25) is 11.8 Å². The number of rotatable bonds is 4. The third-order valence-electron chi connectivity index (χ3n) is 3.11. The molecule has 0 fully saturated rings. The lowest BCUT2D eigenvalue weighted by molar-refractivity contribution is 0.450. The second kappa shape index (κ2) is 6.27. The van der Waals surface area contributed by atoms with E-state index in [0.29, 0.717) is 5.56 Å². The summed E-state index contributed by atoms with van der Waals surface area (Å²) in [5, 5.41) is 5.95. The van der Waals surface area contributed by atoms with Gasteiger partial charge in [0.1, 0.15) is 11.0 Å². The minimum absolute atomic E-state index is 0.0134. The molecule has 0 bridgehead atoms. The molecule has 2 aromatic heterocycles. The lowest BCUT2D eigenvalue weighted by Gasteiger charge is -2.09. The van der Waals surface area contributed by atoms with E-state index in [9.17, 15) is 17.4 Å². The summed E-state index contributed by atoms with van der Waals surface area (Å²) in [6.45, 7) is 0. The highest BCUT2D eigenvalue weighted by Crippen LogP contribution is 2.30. The maximum atomic E-state index is 12.9. The number of hydrogen-bond donors (Lipinski definition) is 1. The molecule has 1 aromatic carbocycles. The molecule has 7 nitrogen and oxygen atoms in total. The molecule has 3 rings (SSSR count). The molecule has 0 aliphatic heterocycles. The SMILES string of the molecule is O=S(=O)(O)C(c1ccc(Cl)nc1)c1nnc(-c2ccc(F)cc2)o1. The molecule has 0 saturated carbocycles. The van der Waals surface area contributed by atoms with Crippen LogP contribution in [0.25, 0.3) is 11.5 Å². The van der Waals surface area contributed by atoms with Crippen LogP contribution in [0.3, 0.4) is 0 Å². The Kier molecular flexibility index (Phi) is 4.31. The fourth-order valence-corrected chi connectivity index (χ4v) is 2.98. The van der Waals surface area contributed by atoms with E-state index >= 15 is 0 Å². The summed E-state index contributed by atoms with van der Waals surface area (Å²) in [6, 6.07) is 7.94. The topological polar surface area (TPSA) is 106 Å². The number of hydrogen-bond acceptors (Lipinski definition) is 6. The third-order valence-corrected chi connectivity index (χ3v) is 4.40. The van der Waals surface area contributed by atoms with Crippen molar-refractivity contribution in [2.75, 3.05) is 0 Å². The van der Waals surface area contributed by atoms with E-state index in [1.165, 1.54) is 42.6 Å². The number of nitrogens with zero attached hydrogens (tertiary/aromatic N) is 3. The highest BCUT2D eigenvalue weighted by Gasteiger charge is 2.33. The Morgan fingerprint density at radius 3 is 2.42 bits per heavy atom. The first-order chi connectivity index (χ1) is 11.3. The maximum Gasteiger partial charge on any atom is 0.281 e. The molecule has 2 heterocycles. The molecular formula is C14H9ClFN3O4S. The summed E-state index contributed by atoms with van der Waals surface area (Å²) in [5.41, 5.74) is 0.509. The third kappa shape index (κ3) is 3.42. The molecule has 1 unspecified atom stereocenters. The van der Waals surface area contributed by atoms with Crippen LogP contribution in [-0.4, -0.2) is 28.2 Å². The second-order valence-electron chi connectivity index (χ2n) is 4.76. The molecule has 124 valence electrons. The first kappa shape index (κ1) is 16.5. The van der Waals surface area contributed by atoms with Crippen LogP contribution >= 0.6 is 11.6 Å². The van der Waals surface area contributed by atoms with Crippen molar-refractivity contribution >= 4 is 21.7 Å². The van der Waals surface area contributed by atoms with Gasteiger partial charge in [-0.1, -0.05) is 17.7 Å². The van der Waals surface area contributed by atoms with Gasteiger partial charge in [-0.2, -0.15) is 8.42 Å². The predicted molar refractivity (Wildman–Crippen MR) is 82.3 cm³/mol. The van der Waals surface area contributed by atoms with Gasteiger partial charge >= 0.3 is 0 Å². The van der Waals surface area contributed by atoms with Crippen LogP contribution < -0.4 is 0 Å². The number of benzene rings is 1. The van der Waals surface area contributed by atoms with Gasteiger partial charge in [0.25, 0.3) is 10.1 Å². The summed E-state index contributed by atoms with van der Waals surface area (Å²) in [5.74, 6) is -0.803. The zero-order valence-electron chi connectivity index (χ0n) is 11.8. The quantitative estimate of drug-likeness (QED) is 0.556. The lowest BCUT2D eigenvalue weighted by atomic mass is 10.2. The molecule has 0 aliphatic carbocycles. The maximum absolute atomic E-state index is 12.9. The standard InChI is InChI=1S/C14H9ClFN3O4S/c15-11-6-3-9(7-17-11)12(24(20,21)22)14-19-18-13(23-14)8-1-4-10(16)5-2-8/h1-7,12H,(H,20,21,22). The highest BCUT2D eigenvalue weighted by atomic mass is 35.5. The summed E-state index contributed by atoms with van der Waals surface area (Å²) in [7, 11) is -4.60. The summed E-state index contributed by atoms with van der Waals surface area (Å²) < 4.78 is 51.2.